The fraction of sp³-hybridized carbons (Fsp3) is 0.714. The fourth-order valence-corrected chi connectivity index (χ4v) is 4.41. The Hall–Kier alpha value is -0.420. The number of aryl methyl sites for hydroxylation is 1. The van der Waals surface area contributed by atoms with Gasteiger partial charge in [0.2, 0.25) is 0 Å². The van der Waals surface area contributed by atoms with Crippen molar-refractivity contribution in [3.63, 3.8) is 0 Å². The van der Waals surface area contributed by atoms with Gasteiger partial charge in [0.15, 0.2) is 0 Å². The van der Waals surface area contributed by atoms with E-state index in [4.69, 9.17) is 5.84 Å². The molecule has 0 amide bonds. The fourth-order valence-electron chi connectivity index (χ4n) is 3.31. The molecule has 1 saturated carbocycles. The highest BCUT2D eigenvalue weighted by Gasteiger charge is 2.43. The summed E-state index contributed by atoms with van der Waals surface area (Å²) < 4.78 is 0. The summed E-state index contributed by atoms with van der Waals surface area (Å²) in [7, 11) is 4.39. The highest BCUT2D eigenvalue weighted by atomic mass is 32.1. The molecule has 3 nitrogen and oxygen atoms in total. The Morgan fingerprint density at radius 2 is 2.00 bits per heavy atom. The van der Waals surface area contributed by atoms with Crippen molar-refractivity contribution in [1.82, 2.24) is 10.3 Å². The standard InChI is InChI=1S/C14H25N3S/c1-11-7-10-18-12(11)13(16-15)14(17(2)3)8-5-4-6-9-14/h7,10,13,16H,4-6,8-9,15H2,1-3H3. The van der Waals surface area contributed by atoms with Crippen LogP contribution in [0.15, 0.2) is 11.4 Å². The molecule has 1 atom stereocenters. The third-order valence-corrected chi connectivity index (χ3v) is 5.56. The van der Waals surface area contributed by atoms with Gasteiger partial charge in [-0.25, -0.2) is 0 Å². The summed E-state index contributed by atoms with van der Waals surface area (Å²) in [6, 6.07) is 2.43. The van der Waals surface area contributed by atoms with Gasteiger partial charge >= 0.3 is 0 Å². The van der Waals surface area contributed by atoms with Crippen molar-refractivity contribution in [2.45, 2.75) is 50.6 Å². The van der Waals surface area contributed by atoms with Crippen LogP contribution in [-0.2, 0) is 0 Å². The van der Waals surface area contributed by atoms with Crippen LogP contribution >= 0.6 is 11.3 Å². The molecule has 1 heterocycles. The normalized spacial score (nSPS) is 21.2. The lowest BCUT2D eigenvalue weighted by Crippen LogP contribution is -2.56. The quantitative estimate of drug-likeness (QED) is 0.651. The highest BCUT2D eigenvalue weighted by molar-refractivity contribution is 7.10. The van der Waals surface area contributed by atoms with Crippen LogP contribution in [0.2, 0.25) is 0 Å². The molecule has 1 aromatic heterocycles. The van der Waals surface area contributed by atoms with Gasteiger partial charge in [0, 0.05) is 10.4 Å². The Labute approximate surface area is 114 Å². The van der Waals surface area contributed by atoms with Gasteiger partial charge in [0.05, 0.1) is 6.04 Å². The first kappa shape index (κ1) is 14.0. The second-order valence-corrected chi connectivity index (χ2v) is 6.57. The maximum atomic E-state index is 5.92. The summed E-state index contributed by atoms with van der Waals surface area (Å²) in [5.74, 6) is 5.92. The largest absolute Gasteiger partial charge is 0.302 e. The van der Waals surface area contributed by atoms with Crippen LogP contribution in [0, 0.1) is 6.92 Å². The van der Waals surface area contributed by atoms with Crippen molar-refractivity contribution in [2.75, 3.05) is 14.1 Å². The molecular weight excluding hydrogens is 242 g/mol. The molecule has 2 rings (SSSR count). The zero-order chi connectivity index (χ0) is 13.2. The number of hydrazine groups is 1. The predicted octanol–water partition coefficient (Wildman–Crippen LogP) is 2.83. The SMILES string of the molecule is Cc1ccsc1C(NN)C1(N(C)C)CCCCC1. The van der Waals surface area contributed by atoms with Crippen LogP contribution in [0.4, 0.5) is 0 Å². The molecule has 1 fully saturated rings. The second-order valence-electron chi connectivity index (χ2n) is 5.63. The van der Waals surface area contributed by atoms with E-state index in [1.165, 1.54) is 42.5 Å². The molecule has 0 bridgehead atoms. The van der Waals surface area contributed by atoms with Crippen LogP contribution < -0.4 is 11.3 Å². The molecular formula is C14H25N3S. The minimum atomic E-state index is 0.169. The average Bonchev–Trinajstić information content (AvgIpc) is 2.78. The van der Waals surface area contributed by atoms with Crippen LogP contribution in [0.5, 0.6) is 0 Å². The van der Waals surface area contributed by atoms with Gasteiger partial charge in [0.1, 0.15) is 0 Å². The topological polar surface area (TPSA) is 41.3 Å². The number of nitrogens with zero attached hydrogens (tertiary/aromatic N) is 1. The van der Waals surface area contributed by atoms with E-state index in [0.717, 1.165) is 0 Å². The van der Waals surface area contributed by atoms with Crippen molar-refractivity contribution in [2.24, 2.45) is 5.84 Å². The average molecular weight is 267 g/mol. The maximum absolute atomic E-state index is 5.92. The van der Waals surface area contributed by atoms with Gasteiger partial charge in [-0.3, -0.25) is 11.3 Å². The van der Waals surface area contributed by atoms with Gasteiger partial charge in [-0.05, 0) is 50.9 Å². The molecule has 0 spiro atoms. The Morgan fingerprint density at radius 1 is 1.33 bits per heavy atom. The molecule has 3 N–H and O–H groups in total. The van der Waals surface area contributed by atoms with Gasteiger partial charge < -0.3 is 4.90 Å². The number of nitrogens with one attached hydrogen (secondary N) is 1. The van der Waals surface area contributed by atoms with Crippen LogP contribution in [0.25, 0.3) is 0 Å². The molecule has 4 heteroatoms. The molecule has 0 radical (unpaired) electrons. The van der Waals surface area contributed by atoms with Gasteiger partial charge in [0.25, 0.3) is 0 Å². The van der Waals surface area contributed by atoms with Gasteiger partial charge in [-0.15, -0.1) is 11.3 Å². The first-order chi connectivity index (χ1) is 8.62. The molecule has 1 aromatic rings. The van der Waals surface area contributed by atoms with Crippen molar-refractivity contribution in [1.29, 1.82) is 0 Å². The zero-order valence-corrected chi connectivity index (χ0v) is 12.5. The molecule has 102 valence electrons. The molecule has 1 unspecified atom stereocenters. The van der Waals surface area contributed by atoms with Crippen molar-refractivity contribution < 1.29 is 0 Å². The Morgan fingerprint density at radius 3 is 2.44 bits per heavy atom. The van der Waals surface area contributed by atoms with E-state index in [1.54, 1.807) is 0 Å². The van der Waals surface area contributed by atoms with E-state index in [0.29, 0.717) is 0 Å². The molecule has 0 aliphatic heterocycles. The van der Waals surface area contributed by atoms with Crippen molar-refractivity contribution in [3.05, 3.63) is 21.9 Å². The summed E-state index contributed by atoms with van der Waals surface area (Å²) in [5.41, 5.74) is 4.63. The van der Waals surface area contributed by atoms with Crippen molar-refractivity contribution >= 4 is 11.3 Å². The molecule has 0 aromatic carbocycles. The first-order valence-corrected chi connectivity index (χ1v) is 7.67. The molecule has 1 aliphatic carbocycles. The third-order valence-electron chi connectivity index (χ3n) is 4.48. The zero-order valence-electron chi connectivity index (χ0n) is 11.7. The number of nitrogens with two attached hydrogens (primary N) is 1. The number of likely N-dealkylation sites (N-methyl/N-ethyl adjacent to an activating group) is 1. The third kappa shape index (κ3) is 2.35. The summed E-state index contributed by atoms with van der Waals surface area (Å²) in [6.45, 7) is 2.18. The smallest absolute Gasteiger partial charge is 0.0739 e. The minimum Gasteiger partial charge on any atom is -0.302 e. The number of thiophene rings is 1. The van der Waals surface area contributed by atoms with Crippen molar-refractivity contribution in [3.8, 4) is 0 Å². The van der Waals surface area contributed by atoms with E-state index in [2.05, 4.69) is 42.8 Å². The second kappa shape index (κ2) is 5.70. The summed E-state index contributed by atoms with van der Waals surface area (Å²) in [5, 5.41) is 2.17. The van der Waals surface area contributed by atoms with E-state index in [1.807, 2.05) is 11.3 Å². The molecule has 0 saturated heterocycles. The number of rotatable bonds is 4. The Bertz CT molecular complexity index is 380. The van der Waals surface area contributed by atoms with E-state index in [9.17, 15) is 0 Å². The number of hydrogen-bond donors (Lipinski definition) is 2. The highest BCUT2D eigenvalue weighted by Crippen LogP contribution is 2.43. The van der Waals surface area contributed by atoms with Gasteiger partial charge in [-0.2, -0.15) is 0 Å². The van der Waals surface area contributed by atoms with Crippen LogP contribution in [0.3, 0.4) is 0 Å². The lowest BCUT2D eigenvalue weighted by molar-refractivity contribution is 0.0575. The van der Waals surface area contributed by atoms with E-state index >= 15 is 0 Å². The summed E-state index contributed by atoms with van der Waals surface area (Å²) >= 11 is 1.82. The molecule has 18 heavy (non-hydrogen) atoms. The lowest BCUT2D eigenvalue weighted by Gasteiger charge is -2.48. The van der Waals surface area contributed by atoms with Gasteiger partial charge in [-0.1, -0.05) is 19.3 Å². The lowest BCUT2D eigenvalue weighted by atomic mass is 9.74. The maximum Gasteiger partial charge on any atom is 0.0739 e. The first-order valence-electron chi connectivity index (χ1n) is 6.79. The van der Waals surface area contributed by atoms with E-state index < -0.39 is 0 Å². The Balaban J connectivity index is 2.36. The summed E-state index contributed by atoms with van der Waals surface area (Å²) in [4.78, 5) is 3.78. The Kier molecular flexibility index (Phi) is 4.43. The molecule has 1 aliphatic rings. The number of hydrogen-bond acceptors (Lipinski definition) is 4. The minimum absolute atomic E-state index is 0.169. The van der Waals surface area contributed by atoms with Crippen LogP contribution in [0.1, 0.15) is 48.6 Å². The van der Waals surface area contributed by atoms with Crippen LogP contribution in [-0.4, -0.2) is 24.5 Å². The monoisotopic (exact) mass is 267 g/mol. The summed E-state index contributed by atoms with van der Waals surface area (Å²) in [6.07, 6.45) is 6.43. The predicted molar refractivity (Wildman–Crippen MR) is 78.6 cm³/mol. The van der Waals surface area contributed by atoms with E-state index in [-0.39, 0.29) is 11.6 Å².